The van der Waals surface area contributed by atoms with Gasteiger partial charge in [-0.3, -0.25) is 4.79 Å². The van der Waals surface area contributed by atoms with Crippen LogP contribution in [0.3, 0.4) is 0 Å². The molecule has 8 heteroatoms. The highest BCUT2D eigenvalue weighted by Gasteiger charge is 2.30. The average Bonchev–Trinajstić information content (AvgIpc) is 3.06. The minimum atomic E-state index is -0.878. The number of halogens is 2. The van der Waals surface area contributed by atoms with Gasteiger partial charge in [0.1, 0.15) is 29.1 Å². The van der Waals surface area contributed by atoms with E-state index in [0.29, 0.717) is 17.1 Å². The minimum Gasteiger partial charge on any atom is -0.368 e. The fourth-order valence-electron chi connectivity index (χ4n) is 3.49. The molecule has 0 aliphatic carbocycles. The SMILES string of the molecule is Cc1noc(C)c1-c1cccc([C@H]2CN(C(=O)c3c(F)cccc3F)CCO2)n1. The van der Waals surface area contributed by atoms with Crippen molar-refractivity contribution in [2.75, 3.05) is 19.7 Å². The molecule has 1 aromatic carbocycles. The van der Waals surface area contributed by atoms with Gasteiger partial charge < -0.3 is 14.2 Å². The quantitative estimate of drug-likeness (QED) is 0.669. The highest BCUT2D eigenvalue weighted by atomic mass is 19.1. The topological polar surface area (TPSA) is 68.5 Å². The zero-order valence-electron chi connectivity index (χ0n) is 16.0. The Morgan fingerprint density at radius 1 is 1.14 bits per heavy atom. The fourth-order valence-corrected chi connectivity index (χ4v) is 3.49. The molecule has 1 aliphatic rings. The smallest absolute Gasteiger partial charge is 0.260 e. The molecule has 0 spiro atoms. The molecular formula is C21H19F2N3O3. The number of hydrogen-bond acceptors (Lipinski definition) is 5. The summed E-state index contributed by atoms with van der Waals surface area (Å²) < 4.78 is 39.0. The van der Waals surface area contributed by atoms with E-state index in [9.17, 15) is 13.6 Å². The monoisotopic (exact) mass is 399 g/mol. The maximum Gasteiger partial charge on any atom is 0.260 e. The Hall–Kier alpha value is -3.13. The van der Waals surface area contributed by atoms with E-state index in [1.165, 1.54) is 11.0 Å². The van der Waals surface area contributed by atoms with Crippen LogP contribution in [-0.2, 0) is 4.74 Å². The molecule has 1 fully saturated rings. The molecule has 29 heavy (non-hydrogen) atoms. The van der Waals surface area contributed by atoms with E-state index in [0.717, 1.165) is 23.4 Å². The van der Waals surface area contributed by atoms with Crippen LogP contribution < -0.4 is 0 Å². The number of rotatable bonds is 3. The first-order valence-electron chi connectivity index (χ1n) is 9.21. The van der Waals surface area contributed by atoms with Crippen LogP contribution >= 0.6 is 0 Å². The summed E-state index contributed by atoms with van der Waals surface area (Å²) in [6, 6.07) is 8.85. The van der Waals surface area contributed by atoms with Gasteiger partial charge in [-0.1, -0.05) is 17.3 Å². The molecule has 0 unspecified atom stereocenters. The first kappa shape index (κ1) is 19.2. The van der Waals surface area contributed by atoms with Crippen LogP contribution in [-0.4, -0.2) is 40.6 Å². The van der Waals surface area contributed by atoms with Gasteiger partial charge in [0.05, 0.1) is 35.8 Å². The van der Waals surface area contributed by atoms with E-state index in [1.807, 2.05) is 26.0 Å². The zero-order valence-corrected chi connectivity index (χ0v) is 16.0. The van der Waals surface area contributed by atoms with Gasteiger partial charge in [0, 0.05) is 6.54 Å². The third kappa shape index (κ3) is 3.63. The van der Waals surface area contributed by atoms with Crippen molar-refractivity contribution in [3.63, 3.8) is 0 Å². The number of amides is 1. The van der Waals surface area contributed by atoms with Gasteiger partial charge in [-0.05, 0) is 38.1 Å². The lowest BCUT2D eigenvalue weighted by Gasteiger charge is -2.33. The summed E-state index contributed by atoms with van der Waals surface area (Å²) in [5.41, 5.74) is 2.29. The number of nitrogens with zero attached hydrogens (tertiary/aromatic N) is 3. The average molecular weight is 399 g/mol. The number of aromatic nitrogens is 2. The highest BCUT2D eigenvalue weighted by Crippen LogP contribution is 2.28. The Labute approximate surface area is 166 Å². The number of carbonyl (C=O) groups is 1. The number of ether oxygens (including phenoxy) is 1. The van der Waals surface area contributed by atoms with E-state index < -0.39 is 29.2 Å². The van der Waals surface area contributed by atoms with E-state index in [2.05, 4.69) is 10.1 Å². The molecule has 0 N–H and O–H groups in total. The Kier molecular flexibility index (Phi) is 5.10. The molecule has 0 radical (unpaired) electrons. The van der Waals surface area contributed by atoms with Gasteiger partial charge in [-0.2, -0.15) is 0 Å². The Morgan fingerprint density at radius 3 is 2.55 bits per heavy atom. The van der Waals surface area contributed by atoms with E-state index in [1.54, 1.807) is 6.07 Å². The van der Waals surface area contributed by atoms with Crippen molar-refractivity contribution >= 4 is 5.91 Å². The first-order valence-corrected chi connectivity index (χ1v) is 9.21. The van der Waals surface area contributed by atoms with E-state index in [-0.39, 0.29) is 19.7 Å². The zero-order chi connectivity index (χ0) is 20.5. The Balaban J connectivity index is 1.59. The standard InChI is InChI=1S/C21H19F2N3O3/c1-12-19(13(2)29-25-12)17-8-4-7-16(24-17)18-11-26(9-10-28-18)21(27)20-14(22)5-3-6-15(20)23/h3-8,18H,9-11H2,1-2H3/t18-/m1/s1. The van der Waals surface area contributed by atoms with Gasteiger partial charge in [0.2, 0.25) is 0 Å². The van der Waals surface area contributed by atoms with Crippen molar-refractivity contribution in [1.82, 2.24) is 15.0 Å². The molecule has 4 rings (SSSR count). The normalized spacial score (nSPS) is 16.8. The lowest BCUT2D eigenvalue weighted by atomic mass is 10.1. The second-order valence-corrected chi connectivity index (χ2v) is 6.85. The van der Waals surface area contributed by atoms with Crippen molar-refractivity contribution in [2.45, 2.75) is 20.0 Å². The van der Waals surface area contributed by atoms with E-state index in [4.69, 9.17) is 9.26 Å². The molecular weight excluding hydrogens is 380 g/mol. The molecule has 1 saturated heterocycles. The van der Waals surface area contributed by atoms with Crippen molar-refractivity contribution in [3.05, 3.63) is 70.7 Å². The van der Waals surface area contributed by atoms with Crippen LogP contribution in [0.1, 0.15) is 33.6 Å². The number of pyridine rings is 1. The minimum absolute atomic E-state index is 0.144. The Morgan fingerprint density at radius 2 is 1.86 bits per heavy atom. The summed E-state index contributed by atoms with van der Waals surface area (Å²) in [6.07, 6.45) is -0.511. The van der Waals surface area contributed by atoms with E-state index >= 15 is 0 Å². The summed E-state index contributed by atoms with van der Waals surface area (Å²) in [5, 5.41) is 3.95. The van der Waals surface area contributed by atoms with Crippen LogP contribution in [0, 0.1) is 25.5 Å². The molecule has 1 atom stereocenters. The third-order valence-electron chi connectivity index (χ3n) is 4.92. The van der Waals surface area contributed by atoms with Crippen LogP contribution in [0.25, 0.3) is 11.3 Å². The van der Waals surface area contributed by atoms with Crippen LogP contribution in [0.15, 0.2) is 40.9 Å². The molecule has 150 valence electrons. The molecule has 0 bridgehead atoms. The lowest BCUT2D eigenvalue weighted by molar-refractivity contribution is -0.0249. The number of aryl methyl sites for hydroxylation is 2. The summed E-state index contributed by atoms with van der Waals surface area (Å²) in [5.74, 6) is -1.80. The summed E-state index contributed by atoms with van der Waals surface area (Å²) in [7, 11) is 0. The maximum absolute atomic E-state index is 14.0. The molecule has 0 saturated carbocycles. The number of benzene rings is 1. The fraction of sp³-hybridized carbons (Fsp3) is 0.286. The van der Waals surface area contributed by atoms with Gasteiger partial charge in [-0.25, -0.2) is 13.8 Å². The van der Waals surface area contributed by atoms with Gasteiger partial charge in [0.15, 0.2) is 0 Å². The molecule has 2 aromatic heterocycles. The molecule has 3 aromatic rings. The summed E-state index contributed by atoms with van der Waals surface area (Å²) in [6.45, 7) is 4.27. The second-order valence-electron chi connectivity index (χ2n) is 6.85. The summed E-state index contributed by atoms with van der Waals surface area (Å²) >= 11 is 0. The van der Waals surface area contributed by atoms with Gasteiger partial charge in [-0.15, -0.1) is 0 Å². The van der Waals surface area contributed by atoms with Crippen LogP contribution in [0.4, 0.5) is 8.78 Å². The molecule has 6 nitrogen and oxygen atoms in total. The number of morpholine rings is 1. The number of hydrogen-bond donors (Lipinski definition) is 0. The molecule has 3 heterocycles. The van der Waals surface area contributed by atoms with Crippen LogP contribution in [0.2, 0.25) is 0 Å². The predicted molar refractivity (Wildman–Crippen MR) is 100 cm³/mol. The number of carbonyl (C=O) groups excluding carboxylic acids is 1. The van der Waals surface area contributed by atoms with Crippen LogP contribution in [0.5, 0.6) is 0 Å². The van der Waals surface area contributed by atoms with Crippen molar-refractivity contribution in [3.8, 4) is 11.3 Å². The predicted octanol–water partition coefficient (Wildman–Crippen LogP) is 3.85. The molecule has 1 aliphatic heterocycles. The van der Waals surface area contributed by atoms with Crippen molar-refractivity contribution in [1.29, 1.82) is 0 Å². The van der Waals surface area contributed by atoms with Gasteiger partial charge in [0.25, 0.3) is 5.91 Å². The molecule has 1 amide bonds. The lowest BCUT2D eigenvalue weighted by Crippen LogP contribution is -2.43. The highest BCUT2D eigenvalue weighted by molar-refractivity contribution is 5.94. The largest absolute Gasteiger partial charge is 0.368 e. The van der Waals surface area contributed by atoms with Crippen molar-refractivity contribution in [2.24, 2.45) is 0 Å². The maximum atomic E-state index is 14.0. The third-order valence-corrected chi connectivity index (χ3v) is 4.92. The van der Waals surface area contributed by atoms with Crippen molar-refractivity contribution < 1.29 is 22.8 Å². The Bertz CT molecular complexity index is 1030. The van der Waals surface area contributed by atoms with Gasteiger partial charge >= 0.3 is 0 Å². The second kappa shape index (κ2) is 7.71. The summed E-state index contributed by atoms with van der Waals surface area (Å²) in [4.78, 5) is 18.8. The first-order chi connectivity index (χ1) is 14.0.